The molecule has 0 radical (unpaired) electrons. The van der Waals surface area contributed by atoms with Gasteiger partial charge in [-0.3, -0.25) is 9.69 Å². The summed E-state index contributed by atoms with van der Waals surface area (Å²) in [5, 5.41) is 5.96. The second kappa shape index (κ2) is 7.86. The van der Waals surface area contributed by atoms with Crippen LogP contribution in [0, 0.1) is 5.82 Å². The van der Waals surface area contributed by atoms with Gasteiger partial charge in [-0.05, 0) is 51.4 Å². The maximum atomic E-state index is 14.3. The number of nitrogens with one attached hydrogen (secondary N) is 1. The number of alkyl halides is 3. The van der Waals surface area contributed by atoms with Crippen LogP contribution in [0.1, 0.15) is 42.9 Å². The van der Waals surface area contributed by atoms with Crippen molar-refractivity contribution in [2.45, 2.75) is 44.9 Å². The summed E-state index contributed by atoms with van der Waals surface area (Å²) in [6, 6.07) is 3.74. The van der Waals surface area contributed by atoms with Gasteiger partial charge in [-0.25, -0.2) is 4.39 Å². The number of benzene rings is 1. The summed E-state index contributed by atoms with van der Waals surface area (Å²) < 4.78 is 56.0. The van der Waals surface area contributed by atoms with Crippen LogP contribution in [-0.2, 0) is 6.18 Å². The van der Waals surface area contributed by atoms with Crippen molar-refractivity contribution in [1.29, 1.82) is 0 Å². The normalized spacial score (nSPS) is 19.0. The van der Waals surface area contributed by atoms with Crippen LogP contribution >= 0.6 is 0 Å². The first-order valence-electron chi connectivity index (χ1n) is 8.91. The van der Waals surface area contributed by atoms with Gasteiger partial charge in [-0.2, -0.15) is 18.2 Å². The molecule has 1 N–H and O–H groups in total. The zero-order chi connectivity index (χ0) is 20.5. The average Bonchev–Trinajstić information content (AvgIpc) is 3.24. The number of aromatic nitrogens is 2. The molecule has 1 aliphatic heterocycles. The van der Waals surface area contributed by atoms with E-state index >= 15 is 0 Å². The molecule has 0 bridgehead atoms. The molecule has 1 aromatic heterocycles. The zero-order valence-corrected chi connectivity index (χ0v) is 15.4. The van der Waals surface area contributed by atoms with E-state index in [1.807, 2.05) is 6.92 Å². The summed E-state index contributed by atoms with van der Waals surface area (Å²) in [4.78, 5) is 17.8. The summed E-state index contributed by atoms with van der Waals surface area (Å²) in [7, 11) is 0. The van der Waals surface area contributed by atoms with Crippen LogP contribution in [0.15, 0.2) is 22.7 Å². The maximum absolute atomic E-state index is 14.3. The van der Waals surface area contributed by atoms with Crippen LogP contribution in [-0.4, -0.2) is 46.1 Å². The Morgan fingerprint density at radius 2 is 2.18 bits per heavy atom. The van der Waals surface area contributed by atoms with E-state index in [0.29, 0.717) is 12.6 Å². The molecule has 1 fully saturated rings. The Bertz CT molecular complexity index is 852. The van der Waals surface area contributed by atoms with E-state index in [0.717, 1.165) is 31.5 Å². The van der Waals surface area contributed by atoms with Gasteiger partial charge in [0.15, 0.2) is 0 Å². The van der Waals surface area contributed by atoms with Crippen molar-refractivity contribution in [2.75, 3.05) is 13.1 Å². The van der Waals surface area contributed by atoms with Crippen LogP contribution in [0.25, 0.3) is 11.4 Å². The van der Waals surface area contributed by atoms with E-state index < -0.39 is 29.6 Å². The third kappa shape index (κ3) is 4.49. The van der Waals surface area contributed by atoms with Crippen molar-refractivity contribution in [3.8, 4) is 11.4 Å². The molecule has 2 aromatic rings. The number of likely N-dealkylation sites (tertiary alicyclic amines) is 1. The van der Waals surface area contributed by atoms with Crippen molar-refractivity contribution in [3.05, 3.63) is 35.5 Å². The van der Waals surface area contributed by atoms with Gasteiger partial charge in [0.1, 0.15) is 5.82 Å². The smallest absolute Gasteiger partial charge is 0.348 e. The molecule has 1 amide bonds. The Morgan fingerprint density at radius 1 is 1.43 bits per heavy atom. The summed E-state index contributed by atoms with van der Waals surface area (Å²) in [6.45, 7) is 5.68. The van der Waals surface area contributed by atoms with Crippen LogP contribution in [0.5, 0.6) is 0 Å². The number of carbonyl (C=O) groups excluding carboxylic acids is 1. The fourth-order valence-electron chi connectivity index (χ4n) is 3.25. The lowest BCUT2D eigenvalue weighted by atomic mass is 10.1. The third-order valence-corrected chi connectivity index (χ3v) is 4.72. The largest absolute Gasteiger partial charge is 0.471 e. The molecule has 0 saturated carbocycles. The van der Waals surface area contributed by atoms with Gasteiger partial charge >= 0.3 is 12.1 Å². The second-order valence-corrected chi connectivity index (χ2v) is 6.98. The fourth-order valence-corrected chi connectivity index (χ4v) is 3.25. The number of carbonyl (C=O) groups is 1. The van der Waals surface area contributed by atoms with Crippen molar-refractivity contribution < 1.29 is 26.9 Å². The Morgan fingerprint density at radius 3 is 2.75 bits per heavy atom. The molecule has 3 rings (SSSR count). The number of hydrogen-bond acceptors (Lipinski definition) is 5. The monoisotopic (exact) mass is 400 g/mol. The fraction of sp³-hybridized carbons (Fsp3) is 0.500. The van der Waals surface area contributed by atoms with Gasteiger partial charge in [-0.1, -0.05) is 5.16 Å². The first-order chi connectivity index (χ1) is 13.1. The van der Waals surface area contributed by atoms with Crippen LogP contribution < -0.4 is 5.32 Å². The Balaban J connectivity index is 1.67. The Labute approximate surface area is 158 Å². The first kappa shape index (κ1) is 20.2. The number of nitrogens with zero attached hydrogens (tertiary/aromatic N) is 3. The van der Waals surface area contributed by atoms with Crippen LogP contribution in [0.2, 0.25) is 0 Å². The van der Waals surface area contributed by atoms with Gasteiger partial charge < -0.3 is 9.84 Å². The lowest BCUT2D eigenvalue weighted by molar-refractivity contribution is -0.159. The topological polar surface area (TPSA) is 71.3 Å². The minimum atomic E-state index is -4.81. The van der Waals surface area contributed by atoms with Crippen LogP contribution in [0.3, 0.4) is 0 Å². The summed E-state index contributed by atoms with van der Waals surface area (Å²) in [6.07, 6.45) is -2.56. The number of halogens is 4. The minimum absolute atomic E-state index is 0.0575. The van der Waals surface area contributed by atoms with E-state index in [1.165, 1.54) is 6.07 Å². The average molecular weight is 400 g/mol. The number of hydrogen-bond donors (Lipinski definition) is 1. The van der Waals surface area contributed by atoms with Crippen molar-refractivity contribution in [1.82, 2.24) is 20.4 Å². The van der Waals surface area contributed by atoms with E-state index in [9.17, 15) is 22.4 Å². The molecule has 6 nitrogen and oxygen atoms in total. The zero-order valence-electron chi connectivity index (χ0n) is 15.4. The molecule has 0 aliphatic carbocycles. The summed E-state index contributed by atoms with van der Waals surface area (Å²) in [5.41, 5.74) is -0.225. The highest BCUT2D eigenvalue weighted by atomic mass is 19.4. The van der Waals surface area contributed by atoms with E-state index in [-0.39, 0.29) is 17.2 Å². The summed E-state index contributed by atoms with van der Waals surface area (Å²) >= 11 is 0. The van der Waals surface area contributed by atoms with Crippen LogP contribution in [0.4, 0.5) is 17.6 Å². The molecule has 0 spiro atoms. The quantitative estimate of drug-likeness (QED) is 0.778. The predicted molar refractivity (Wildman–Crippen MR) is 91.9 cm³/mol. The predicted octanol–water partition coefficient (Wildman–Crippen LogP) is 3.50. The molecule has 152 valence electrons. The second-order valence-electron chi connectivity index (χ2n) is 6.98. The van der Waals surface area contributed by atoms with Gasteiger partial charge in [-0.15, -0.1) is 0 Å². The molecular weight excluding hydrogens is 380 g/mol. The van der Waals surface area contributed by atoms with Crippen molar-refractivity contribution in [2.24, 2.45) is 0 Å². The molecule has 1 unspecified atom stereocenters. The molecule has 10 heteroatoms. The highest BCUT2D eigenvalue weighted by Crippen LogP contribution is 2.30. The molecule has 2 atom stereocenters. The third-order valence-electron chi connectivity index (χ3n) is 4.72. The van der Waals surface area contributed by atoms with Gasteiger partial charge in [0.05, 0.1) is 5.56 Å². The van der Waals surface area contributed by atoms with Gasteiger partial charge in [0, 0.05) is 24.2 Å². The lowest BCUT2D eigenvalue weighted by Gasteiger charge is -2.25. The van der Waals surface area contributed by atoms with Crippen molar-refractivity contribution in [3.63, 3.8) is 0 Å². The number of rotatable bonds is 5. The Kier molecular flexibility index (Phi) is 5.69. The number of amides is 1. The lowest BCUT2D eigenvalue weighted by Crippen LogP contribution is -2.43. The molecule has 1 aromatic carbocycles. The molecule has 2 heterocycles. The highest BCUT2D eigenvalue weighted by molar-refractivity contribution is 5.94. The van der Waals surface area contributed by atoms with Gasteiger partial charge in [0.2, 0.25) is 5.82 Å². The van der Waals surface area contributed by atoms with Crippen molar-refractivity contribution >= 4 is 5.91 Å². The SMILES string of the molecule is CC1CCCN1C[C@@H](C)NC(=O)c1ccc(-c2noc(C(F)(F)F)n2)c(F)c1. The minimum Gasteiger partial charge on any atom is -0.348 e. The molecule has 28 heavy (non-hydrogen) atoms. The van der Waals surface area contributed by atoms with E-state index in [1.54, 1.807) is 0 Å². The first-order valence-corrected chi connectivity index (χ1v) is 8.91. The Hall–Kier alpha value is -2.49. The van der Waals surface area contributed by atoms with E-state index in [2.05, 4.69) is 31.8 Å². The molecule has 1 saturated heterocycles. The van der Waals surface area contributed by atoms with E-state index in [4.69, 9.17) is 0 Å². The highest BCUT2D eigenvalue weighted by Gasteiger charge is 2.38. The molecule has 1 aliphatic rings. The maximum Gasteiger partial charge on any atom is 0.471 e. The molecular formula is C18H20F4N4O2. The summed E-state index contributed by atoms with van der Waals surface area (Å²) in [5.74, 6) is -3.47. The standard InChI is InChI=1S/C18H20F4N4O2/c1-10(9-26-7-3-4-11(26)2)23-16(27)12-5-6-13(14(19)8-12)15-24-17(28-25-15)18(20,21)22/h5-6,8,10-11H,3-4,7,9H2,1-2H3,(H,23,27)/t10-,11?/m1/s1. The van der Waals surface area contributed by atoms with Gasteiger partial charge in [0.25, 0.3) is 5.91 Å².